The van der Waals surface area contributed by atoms with Crippen LogP contribution in [0.5, 0.6) is 0 Å². The number of hydrogen-bond acceptors (Lipinski definition) is 7. The number of nitrogens with two attached hydrogens (primary N) is 1. The molecule has 2 aromatic rings. The van der Waals surface area contributed by atoms with E-state index in [1.54, 1.807) is 0 Å². The number of fused-ring (bicyclic) bond motifs is 1. The summed E-state index contributed by atoms with van der Waals surface area (Å²) in [6, 6.07) is 2.10. The van der Waals surface area contributed by atoms with Crippen LogP contribution in [0.4, 0.5) is 11.6 Å². The first kappa shape index (κ1) is 19.8. The van der Waals surface area contributed by atoms with Crippen molar-refractivity contribution in [2.45, 2.75) is 26.3 Å². The highest BCUT2D eigenvalue weighted by molar-refractivity contribution is 5.96. The van der Waals surface area contributed by atoms with Crippen LogP contribution in [0.2, 0.25) is 0 Å². The average molecular weight is 381 g/mol. The lowest BCUT2D eigenvalue weighted by Gasteiger charge is -2.16. The number of likely N-dealkylation sites (N-methyl/N-ethyl adjacent to an activating group) is 1. The zero-order valence-corrected chi connectivity index (χ0v) is 16.6. The maximum absolute atomic E-state index is 12.4. The molecule has 4 N–H and O–H groups in total. The number of amides is 1. The molecule has 0 atom stereocenters. The molecule has 28 heavy (non-hydrogen) atoms. The number of nitrogen functional groups attached to an aromatic ring is 1. The van der Waals surface area contributed by atoms with Gasteiger partial charge in [0.15, 0.2) is 11.5 Å². The Morgan fingerprint density at radius 1 is 1.29 bits per heavy atom. The third-order valence-electron chi connectivity index (χ3n) is 4.65. The van der Waals surface area contributed by atoms with Crippen molar-refractivity contribution in [1.82, 2.24) is 25.2 Å². The summed E-state index contributed by atoms with van der Waals surface area (Å²) in [5.74, 6) is 0.559. The highest BCUT2D eigenvalue weighted by Gasteiger charge is 2.14. The van der Waals surface area contributed by atoms with Gasteiger partial charge < -0.3 is 21.3 Å². The van der Waals surface area contributed by atoms with Crippen molar-refractivity contribution < 1.29 is 4.79 Å². The molecule has 1 amide bonds. The Kier molecular flexibility index (Phi) is 6.20. The van der Waals surface area contributed by atoms with Gasteiger partial charge in [0.25, 0.3) is 5.91 Å². The third-order valence-corrected chi connectivity index (χ3v) is 4.65. The summed E-state index contributed by atoms with van der Waals surface area (Å²) in [4.78, 5) is 27.3. The van der Waals surface area contributed by atoms with Gasteiger partial charge in [-0.1, -0.05) is 6.08 Å². The van der Waals surface area contributed by atoms with Gasteiger partial charge in [-0.25, -0.2) is 15.0 Å². The number of nitrogens with zero attached hydrogens (tertiary/aromatic N) is 4. The predicted molar refractivity (Wildman–Crippen MR) is 111 cm³/mol. The lowest BCUT2D eigenvalue weighted by molar-refractivity contribution is 0.0946. The second kappa shape index (κ2) is 8.79. The molecule has 1 aliphatic rings. The molecule has 0 aliphatic heterocycles. The molecular formula is C20H27N7O. The summed E-state index contributed by atoms with van der Waals surface area (Å²) >= 11 is 0. The third kappa shape index (κ3) is 4.64. The molecule has 1 aliphatic carbocycles. The Balaban J connectivity index is 1.85. The van der Waals surface area contributed by atoms with Crippen LogP contribution < -0.4 is 26.9 Å². The maximum atomic E-state index is 12.4. The molecule has 148 valence electrons. The zero-order chi connectivity index (χ0) is 20.1. The predicted octanol–water partition coefficient (Wildman–Crippen LogP) is 0.102. The van der Waals surface area contributed by atoms with E-state index in [1.165, 1.54) is 18.0 Å². The fourth-order valence-electron chi connectivity index (χ4n) is 3.10. The highest BCUT2D eigenvalue weighted by atomic mass is 16.1. The normalized spacial score (nSPS) is 13.1. The SMILES string of the molecule is CC1=c2nc(NCCN(C)C)c(CNC(=O)c3nccnc3N)cc2=CCC1. The fraction of sp³-hybridized carbons (Fsp3) is 0.400. The average Bonchev–Trinajstić information content (AvgIpc) is 2.66. The van der Waals surface area contributed by atoms with E-state index >= 15 is 0 Å². The highest BCUT2D eigenvalue weighted by Crippen LogP contribution is 2.12. The Labute approximate surface area is 164 Å². The first-order chi connectivity index (χ1) is 13.5. The maximum Gasteiger partial charge on any atom is 0.273 e. The van der Waals surface area contributed by atoms with Crippen LogP contribution >= 0.6 is 0 Å². The van der Waals surface area contributed by atoms with Crippen LogP contribution in [0.15, 0.2) is 18.5 Å². The quantitative estimate of drug-likeness (QED) is 0.624. The molecule has 2 aromatic heterocycles. The largest absolute Gasteiger partial charge is 0.382 e. The van der Waals surface area contributed by atoms with E-state index in [4.69, 9.17) is 10.7 Å². The molecule has 0 bridgehead atoms. The molecule has 0 fully saturated rings. The molecular weight excluding hydrogens is 354 g/mol. The number of aromatic nitrogens is 3. The van der Waals surface area contributed by atoms with Gasteiger partial charge in [-0.2, -0.15) is 0 Å². The van der Waals surface area contributed by atoms with E-state index in [0.29, 0.717) is 6.54 Å². The Hall–Kier alpha value is -3.00. The first-order valence-corrected chi connectivity index (χ1v) is 9.39. The topological polar surface area (TPSA) is 109 Å². The minimum absolute atomic E-state index is 0.117. The van der Waals surface area contributed by atoms with Gasteiger partial charge in [-0.05, 0) is 50.7 Å². The monoisotopic (exact) mass is 381 g/mol. The van der Waals surface area contributed by atoms with Crippen LogP contribution in [0.3, 0.4) is 0 Å². The summed E-state index contributed by atoms with van der Waals surface area (Å²) in [6.45, 7) is 4.10. The van der Waals surface area contributed by atoms with Gasteiger partial charge in [-0.15, -0.1) is 0 Å². The van der Waals surface area contributed by atoms with E-state index in [0.717, 1.165) is 47.9 Å². The number of carbonyl (C=O) groups is 1. The molecule has 8 heteroatoms. The second-order valence-electron chi connectivity index (χ2n) is 7.16. The van der Waals surface area contributed by atoms with Crippen molar-refractivity contribution in [1.29, 1.82) is 0 Å². The van der Waals surface area contributed by atoms with Crippen molar-refractivity contribution in [3.05, 3.63) is 40.3 Å². The Morgan fingerprint density at radius 3 is 2.82 bits per heavy atom. The van der Waals surface area contributed by atoms with E-state index in [2.05, 4.69) is 44.6 Å². The van der Waals surface area contributed by atoms with E-state index in [-0.39, 0.29) is 17.4 Å². The number of hydrogen-bond donors (Lipinski definition) is 3. The van der Waals surface area contributed by atoms with Gasteiger partial charge in [0.2, 0.25) is 0 Å². The van der Waals surface area contributed by atoms with Crippen LogP contribution in [0.25, 0.3) is 11.6 Å². The summed E-state index contributed by atoms with van der Waals surface area (Å²) < 4.78 is 0. The molecule has 0 saturated carbocycles. The second-order valence-corrected chi connectivity index (χ2v) is 7.16. The van der Waals surface area contributed by atoms with Crippen molar-refractivity contribution >= 4 is 29.2 Å². The number of pyridine rings is 1. The molecule has 2 heterocycles. The minimum atomic E-state index is -0.353. The van der Waals surface area contributed by atoms with Crippen molar-refractivity contribution in [2.24, 2.45) is 0 Å². The molecule has 8 nitrogen and oxygen atoms in total. The van der Waals surface area contributed by atoms with Crippen molar-refractivity contribution in [2.75, 3.05) is 38.2 Å². The summed E-state index contributed by atoms with van der Waals surface area (Å²) in [7, 11) is 4.06. The van der Waals surface area contributed by atoms with E-state index in [1.807, 2.05) is 14.1 Å². The van der Waals surface area contributed by atoms with E-state index < -0.39 is 0 Å². The smallest absolute Gasteiger partial charge is 0.273 e. The molecule has 0 aromatic carbocycles. The first-order valence-electron chi connectivity index (χ1n) is 9.39. The Bertz CT molecular complexity index is 985. The summed E-state index contributed by atoms with van der Waals surface area (Å²) in [5.41, 5.74) is 8.10. The molecule has 0 saturated heterocycles. The number of nitrogens with one attached hydrogen (secondary N) is 2. The lowest BCUT2D eigenvalue weighted by atomic mass is 10.0. The zero-order valence-electron chi connectivity index (χ0n) is 16.6. The Morgan fingerprint density at radius 2 is 2.07 bits per heavy atom. The lowest BCUT2D eigenvalue weighted by Crippen LogP contribution is -2.36. The molecule has 0 unspecified atom stereocenters. The van der Waals surface area contributed by atoms with Gasteiger partial charge in [0.05, 0.1) is 5.35 Å². The molecule has 3 rings (SSSR count). The van der Waals surface area contributed by atoms with Gasteiger partial charge in [-0.3, -0.25) is 4.79 Å². The minimum Gasteiger partial charge on any atom is -0.382 e. The van der Waals surface area contributed by atoms with Crippen molar-refractivity contribution in [3.8, 4) is 0 Å². The van der Waals surface area contributed by atoms with E-state index in [9.17, 15) is 4.79 Å². The summed E-state index contributed by atoms with van der Waals surface area (Å²) in [6.07, 6.45) is 7.15. The van der Waals surface area contributed by atoms with Crippen LogP contribution in [-0.2, 0) is 6.54 Å². The standard InChI is InChI=1S/C20H27N7O/c1-13-5-4-6-14-11-15(19(26-16(13)14)24-9-10-27(2)3)12-25-20(28)17-18(21)23-8-7-22-17/h6-8,11H,4-5,9-10,12H2,1-3H3,(H2,21,23)(H,24,26)(H,25,28). The van der Waals surface area contributed by atoms with Crippen LogP contribution in [0, 0.1) is 0 Å². The molecule has 0 radical (unpaired) electrons. The van der Waals surface area contributed by atoms with Gasteiger partial charge in [0.1, 0.15) is 5.82 Å². The van der Waals surface area contributed by atoms with Gasteiger partial charge in [0, 0.05) is 37.6 Å². The van der Waals surface area contributed by atoms with Crippen molar-refractivity contribution in [3.63, 3.8) is 0 Å². The summed E-state index contributed by atoms with van der Waals surface area (Å²) in [5, 5.41) is 8.44. The fourth-order valence-corrected chi connectivity index (χ4v) is 3.10. The van der Waals surface area contributed by atoms with Crippen LogP contribution in [-0.4, -0.2) is 52.9 Å². The molecule has 0 spiro atoms. The number of anilines is 2. The number of carbonyl (C=O) groups excluding carboxylic acids is 1. The number of rotatable bonds is 7. The van der Waals surface area contributed by atoms with Gasteiger partial charge >= 0.3 is 0 Å². The van der Waals surface area contributed by atoms with Crippen LogP contribution in [0.1, 0.15) is 35.8 Å².